The number of fused-ring (bicyclic) bond motifs is 7. The second-order valence-electron chi connectivity index (χ2n) is 18.2. The van der Waals surface area contributed by atoms with E-state index in [-0.39, 0.29) is 0 Å². The lowest BCUT2D eigenvalue weighted by Gasteiger charge is -2.26. The minimum absolute atomic E-state index is 0.858. The Morgan fingerprint density at radius 2 is 0.690 bits per heavy atom. The van der Waals surface area contributed by atoms with Crippen LogP contribution in [0.4, 0.5) is 17.1 Å². The predicted octanol–water partition coefficient (Wildman–Crippen LogP) is 19.4. The van der Waals surface area contributed by atoms with E-state index in [1.54, 1.807) is 0 Å². The molecule has 0 saturated heterocycles. The number of rotatable bonds is 10. The van der Waals surface area contributed by atoms with Crippen molar-refractivity contribution in [1.82, 2.24) is 0 Å². The number of para-hydroxylation sites is 3. The van der Waals surface area contributed by atoms with Crippen molar-refractivity contribution in [3.05, 3.63) is 260 Å². The molecule has 4 nitrogen and oxygen atoms in total. The number of hydrogen-bond acceptors (Lipinski definition) is 4. The highest BCUT2D eigenvalue weighted by atomic mass is 16.3. The molecule has 0 unspecified atom stereocenters. The Labute approximate surface area is 411 Å². The van der Waals surface area contributed by atoms with Gasteiger partial charge in [0.25, 0.3) is 0 Å². The van der Waals surface area contributed by atoms with Crippen LogP contribution in [-0.4, -0.2) is 0 Å². The molecule has 71 heavy (non-hydrogen) atoms. The Morgan fingerprint density at radius 1 is 0.352 bits per heavy atom. The highest BCUT2D eigenvalue weighted by Crippen LogP contribution is 2.40. The van der Waals surface area contributed by atoms with Crippen LogP contribution in [0.15, 0.2) is 256 Å². The van der Waals surface area contributed by atoms with Crippen molar-refractivity contribution in [1.29, 1.82) is 0 Å². The minimum Gasteiger partial charge on any atom is -0.456 e. The van der Waals surface area contributed by atoms with Crippen molar-refractivity contribution in [2.24, 2.45) is 0 Å². The van der Waals surface area contributed by atoms with E-state index in [4.69, 9.17) is 13.3 Å². The van der Waals surface area contributed by atoms with Crippen LogP contribution in [0.5, 0.6) is 0 Å². The molecule has 0 radical (unpaired) electrons. The summed E-state index contributed by atoms with van der Waals surface area (Å²) < 4.78 is 18.4. The first-order valence-corrected chi connectivity index (χ1v) is 24.0. The first-order valence-electron chi connectivity index (χ1n) is 24.0. The topological polar surface area (TPSA) is 42.7 Å². The Kier molecular flexibility index (Phi) is 10.2. The van der Waals surface area contributed by atoms with E-state index < -0.39 is 0 Å². The van der Waals surface area contributed by atoms with Gasteiger partial charge in [-0.25, -0.2) is 0 Å². The first kappa shape index (κ1) is 41.8. The summed E-state index contributed by atoms with van der Waals surface area (Å²) in [5.74, 6) is 0.858. The number of furan rings is 3. The Balaban J connectivity index is 0.774. The Bertz CT molecular complexity index is 3990. The molecule has 0 aliphatic heterocycles. The molecule has 0 fully saturated rings. The molecule has 0 spiro atoms. The molecule has 10 aromatic carbocycles. The van der Waals surface area contributed by atoms with Crippen LogP contribution >= 0.6 is 0 Å². The van der Waals surface area contributed by atoms with Crippen molar-refractivity contribution in [3.63, 3.8) is 0 Å². The average Bonchev–Trinajstić information content (AvgIpc) is 4.11. The van der Waals surface area contributed by atoms with Gasteiger partial charge in [0.2, 0.25) is 0 Å². The summed E-state index contributed by atoms with van der Waals surface area (Å²) in [5.41, 5.74) is 20.0. The summed E-state index contributed by atoms with van der Waals surface area (Å²) >= 11 is 0. The molecule has 13 rings (SSSR count). The van der Waals surface area contributed by atoms with Gasteiger partial charge in [0.1, 0.15) is 33.7 Å². The molecule has 4 heteroatoms. The predicted molar refractivity (Wildman–Crippen MR) is 296 cm³/mol. The molecular weight excluding hydrogens is 867 g/mol. The zero-order valence-electron chi connectivity index (χ0n) is 39.0. The fourth-order valence-corrected chi connectivity index (χ4v) is 10.0. The molecule has 3 aromatic heterocycles. The fraction of sp³-hybridized carbons (Fsp3) is 0.0149. The summed E-state index contributed by atoms with van der Waals surface area (Å²) in [6, 6.07) is 81.5. The van der Waals surface area contributed by atoms with Gasteiger partial charge in [-0.3, -0.25) is 0 Å². The Morgan fingerprint density at radius 3 is 1.13 bits per heavy atom. The van der Waals surface area contributed by atoms with Crippen LogP contribution in [0.3, 0.4) is 0 Å². The zero-order chi connectivity index (χ0) is 47.4. The van der Waals surface area contributed by atoms with Gasteiger partial charge >= 0.3 is 0 Å². The van der Waals surface area contributed by atoms with Gasteiger partial charge in [-0.15, -0.1) is 0 Å². The maximum atomic E-state index is 6.14. The summed E-state index contributed by atoms with van der Waals surface area (Å²) in [6.07, 6.45) is 4.04. The van der Waals surface area contributed by atoms with E-state index in [2.05, 4.69) is 206 Å². The lowest BCUT2D eigenvalue weighted by Crippen LogP contribution is -2.09. The average molecular weight is 912 g/mol. The van der Waals surface area contributed by atoms with E-state index >= 15 is 0 Å². The number of nitrogens with zero attached hydrogens (tertiary/aromatic N) is 1. The molecule has 0 bridgehead atoms. The van der Waals surface area contributed by atoms with E-state index in [1.807, 2.05) is 54.6 Å². The lowest BCUT2D eigenvalue weighted by atomic mass is 9.98. The highest BCUT2D eigenvalue weighted by Gasteiger charge is 2.16. The fourth-order valence-electron chi connectivity index (χ4n) is 10.0. The number of aryl methyl sites for hydroxylation is 1. The summed E-state index contributed by atoms with van der Waals surface area (Å²) in [6.45, 7) is 6.44. The van der Waals surface area contributed by atoms with Crippen LogP contribution in [0.25, 0.3) is 111 Å². The van der Waals surface area contributed by atoms with E-state index in [0.717, 1.165) is 139 Å². The van der Waals surface area contributed by atoms with Gasteiger partial charge in [-0.1, -0.05) is 164 Å². The normalized spacial score (nSPS) is 11.7. The van der Waals surface area contributed by atoms with Gasteiger partial charge in [0.15, 0.2) is 0 Å². The number of hydrogen-bond donors (Lipinski definition) is 0. The summed E-state index contributed by atoms with van der Waals surface area (Å²) in [4.78, 5) is 2.33. The molecule has 0 amide bonds. The van der Waals surface area contributed by atoms with Crippen LogP contribution in [0, 0.1) is 6.92 Å². The van der Waals surface area contributed by atoms with Crippen LogP contribution in [-0.2, 0) is 0 Å². The molecule has 0 saturated carbocycles. The van der Waals surface area contributed by atoms with E-state index in [9.17, 15) is 0 Å². The summed E-state index contributed by atoms with van der Waals surface area (Å²) in [5, 5.41) is 5.63. The molecule has 13 aromatic rings. The Hall–Kier alpha value is -9.38. The lowest BCUT2D eigenvalue weighted by molar-refractivity contribution is 0.601. The molecule has 0 aliphatic carbocycles. The van der Waals surface area contributed by atoms with E-state index in [1.165, 1.54) is 0 Å². The molecular formula is C67H45NO3. The van der Waals surface area contributed by atoms with Gasteiger partial charge < -0.3 is 18.2 Å². The summed E-state index contributed by atoms with van der Waals surface area (Å²) in [7, 11) is 0. The first-order chi connectivity index (χ1) is 35.0. The van der Waals surface area contributed by atoms with Crippen LogP contribution < -0.4 is 4.90 Å². The van der Waals surface area contributed by atoms with Gasteiger partial charge in [0.05, 0.1) is 0 Å². The molecule has 3 heterocycles. The SMILES string of the molecule is C=C(/C=C\c1oc2ccccc2c1C)c1ccc(-c2ccc(-c3ccc(N(c4ccc(-c5ccc6oc7ccccc7c6c5)cc4)c4ccc(-c5ccc6oc7ccccc7c6c5)cc4)cc3)cc2)cc1. The molecule has 0 atom stereocenters. The molecule has 0 aliphatic rings. The van der Waals surface area contributed by atoms with Gasteiger partial charge in [-0.05, 0) is 148 Å². The van der Waals surface area contributed by atoms with Crippen molar-refractivity contribution >= 4 is 83.6 Å². The second-order valence-corrected chi connectivity index (χ2v) is 18.2. The van der Waals surface area contributed by atoms with Crippen LogP contribution in [0.1, 0.15) is 16.9 Å². The van der Waals surface area contributed by atoms with Gasteiger partial charge in [0, 0.05) is 49.6 Å². The molecule has 0 N–H and O–H groups in total. The third-order valence-electron chi connectivity index (χ3n) is 13.9. The monoisotopic (exact) mass is 911 g/mol. The van der Waals surface area contributed by atoms with Crippen molar-refractivity contribution in [3.8, 4) is 44.5 Å². The maximum Gasteiger partial charge on any atom is 0.135 e. The largest absolute Gasteiger partial charge is 0.456 e. The van der Waals surface area contributed by atoms with Crippen molar-refractivity contribution < 1.29 is 13.3 Å². The minimum atomic E-state index is 0.858. The number of benzene rings is 10. The third-order valence-corrected chi connectivity index (χ3v) is 13.9. The van der Waals surface area contributed by atoms with Gasteiger partial charge in [-0.2, -0.15) is 0 Å². The number of anilines is 3. The molecule has 336 valence electrons. The second kappa shape index (κ2) is 17.3. The van der Waals surface area contributed by atoms with Crippen molar-refractivity contribution in [2.45, 2.75) is 6.92 Å². The standard InChI is InChI=1S/C67H45NO3/c1-43(15-38-62-44(2)57-9-3-6-12-63(57)69-62)45-16-18-46(19-17-45)47-20-22-48(23-21-47)49-24-32-54(33-25-49)68(55-34-26-50(27-35-55)52-30-39-66-60(41-52)58-10-4-7-13-64(58)70-66)56-36-28-51(29-37-56)53-31-40-67-61(42-53)59-11-5-8-14-65(59)71-67/h3-42H,1H2,2H3/b38-15-. The van der Waals surface area contributed by atoms with Crippen LogP contribution in [0.2, 0.25) is 0 Å². The van der Waals surface area contributed by atoms with Crippen molar-refractivity contribution in [2.75, 3.05) is 4.90 Å². The quantitative estimate of drug-likeness (QED) is 0.128. The number of allylic oxidation sites excluding steroid dienone is 2. The third kappa shape index (κ3) is 7.69. The zero-order valence-corrected chi connectivity index (χ0v) is 39.0. The van der Waals surface area contributed by atoms with E-state index in [0.29, 0.717) is 0 Å². The highest BCUT2D eigenvalue weighted by molar-refractivity contribution is 6.07. The maximum absolute atomic E-state index is 6.14. The smallest absolute Gasteiger partial charge is 0.135 e.